The first-order valence-electron chi connectivity index (χ1n) is 5.29. The lowest BCUT2D eigenvalue weighted by atomic mass is 10.2. The van der Waals surface area contributed by atoms with Crippen LogP contribution in [0.15, 0.2) is 18.3 Å². The molecule has 0 amide bonds. The number of aromatic nitrogens is 1. The molecular formula is C11H14ClF3N2. The van der Waals surface area contributed by atoms with Crippen molar-refractivity contribution < 1.29 is 13.2 Å². The average Bonchev–Trinajstić information content (AvgIpc) is 2.27. The molecule has 1 rings (SSSR count). The van der Waals surface area contributed by atoms with Gasteiger partial charge >= 0.3 is 6.18 Å². The molecule has 2 nitrogen and oxygen atoms in total. The summed E-state index contributed by atoms with van der Waals surface area (Å²) in [7, 11) is 0. The summed E-state index contributed by atoms with van der Waals surface area (Å²) in [4.78, 5) is 5.18. The number of rotatable bonds is 5. The van der Waals surface area contributed by atoms with Crippen molar-refractivity contribution in [1.29, 1.82) is 0 Å². The third-order valence-corrected chi connectivity index (χ3v) is 2.46. The first-order valence-corrected chi connectivity index (χ1v) is 5.82. The third kappa shape index (κ3) is 4.81. The van der Waals surface area contributed by atoms with Crippen LogP contribution in [0.1, 0.15) is 18.9 Å². The normalized spacial score (nSPS) is 11.6. The minimum absolute atomic E-state index is 0.265. The molecule has 6 heteroatoms. The Kier molecular flexibility index (Phi) is 5.05. The van der Waals surface area contributed by atoms with Crippen LogP contribution in [0, 0.1) is 0 Å². The molecule has 1 aromatic heterocycles. The summed E-state index contributed by atoms with van der Waals surface area (Å²) in [6.45, 7) is 1.16. The fourth-order valence-corrected chi connectivity index (χ4v) is 1.64. The van der Waals surface area contributed by atoms with E-state index in [2.05, 4.69) is 4.98 Å². The average molecular weight is 267 g/mol. The Morgan fingerprint density at radius 1 is 1.41 bits per heavy atom. The lowest BCUT2D eigenvalue weighted by molar-refractivity contribution is -0.119. The van der Waals surface area contributed by atoms with Crippen molar-refractivity contribution in [2.24, 2.45) is 0 Å². The predicted molar refractivity (Wildman–Crippen MR) is 62.4 cm³/mol. The zero-order valence-corrected chi connectivity index (χ0v) is 10.2. The number of alkyl halides is 4. The zero-order valence-electron chi connectivity index (χ0n) is 9.47. The van der Waals surface area contributed by atoms with E-state index in [-0.39, 0.29) is 5.88 Å². The van der Waals surface area contributed by atoms with E-state index in [9.17, 15) is 13.2 Å². The first kappa shape index (κ1) is 14.1. The highest BCUT2D eigenvalue weighted by molar-refractivity contribution is 6.17. The summed E-state index contributed by atoms with van der Waals surface area (Å²) < 4.78 is 37.2. The molecule has 0 N–H and O–H groups in total. The lowest BCUT2D eigenvalue weighted by Crippen LogP contribution is -2.35. The van der Waals surface area contributed by atoms with Gasteiger partial charge in [-0.2, -0.15) is 13.2 Å². The molecule has 0 spiro atoms. The van der Waals surface area contributed by atoms with E-state index >= 15 is 0 Å². The lowest BCUT2D eigenvalue weighted by Gasteiger charge is -2.24. The first-order chi connectivity index (χ1) is 7.96. The topological polar surface area (TPSA) is 16.1 Å². The largest absolute Gasteiger partial charge is 0.405 e. The molecule has 0 aromatic carbocycles. The van der Waals surface area contributed by atoms with Crippen molar-refractivity contribution in [3.05, 3.63) is 23.9 Å². The van der Waals surface area contributed by atoms with Crippen LogP contribution in [-0.4, -0.2) is 24.2 Å². The highest BCUT2D eigenvalue weighted by atomic mass is 35.5. The second-order valence-electron chi connectivity index (χ2n) is 3.69. The maximum atomic E-state index is 12.4. The Bertz CT molecular complexity index is 355. The Balaban J connectivity index is 2.88. The quantitative estimate of drug-likeness (QED) is 0.757. The summed E-state index contributed by atoms with van der Waals surface area (Å²) in [5.74, 6) is 0.587. The van der Waals surface area contributed by atoms with Crippen LogP contribution in [0.25, 0.3) is 0 Å². The smallest absolute Gasteiger partial charge is 0.348 e. The molecule has 0 atom stereocenters. The molecule has 0 saturated heterocycles. The van der Waals surface area contributed by atoms with E-state index in [0.29, 0.717) is 18.8 Å². The molecule has 0 radical (unpaired) electrons. The summed E-state index contributed by atoms with van der Waals surface area (Å²) in [5, 5.41) is 0. The van der Waals surface area contributed by atoms with Crippen LogP contribution >= 0.6 is 11.6 Å². The van der Waals surface area contributed by atoms with Gasteiger partial charge in [0.05, 0.1) is 0 Å². The minimum Gasteiger partial charge on any atom is -0.348 e. The second-order valence-corrected chi connectivity index (χ2v) is 3.96. The summed E-state index contributed by atoms with van der Waals surface area (Å²) in [6, 6.07) is 3.28. The fourth-order valence-electron chi connectivity index (χ4n) is 1.48. The number of nitrogens with zero attached hydrogens (tertiary/aromatic N) is 2. The highest BCUT2D eigenvalue weighted by Gasteiger charge is 2.31. The second kappa shape index (κ2) is 6.10. The van der Waals surface area contributed by atoms with Gasteiger partial charge in [-0.15, -0.1) is 11.6 Å². The van der Waals surface area contributed by atoms with Crippen molar-refractivity contribution in [1.82, 2.24) is 4.98 Å². The van der Waals surface area contributed by atoms with E-state index < -0.39 is 12.7 Å². The molecule has 0 aliphatic heterocycles. The maximum absolute atomic E-state index is 12.4. The third-order valence-electron chi connectivity index (χ3n) is 2.15. The van der Waals surface area contributed by atoms with Crippen LogP contribution in [0.3, 0.4) is 0 Å². The fraction of sp³-hybridized carbons (Fsp3) is 0.545. The van der Waals surface area contributed by atoms with Gasteiger partial charge in [-0.25, -0.2) is 4.98 Å². The van der Waals surface area contributed by atoms with Crippen LogP contribution in [0.4, 0.5) is 19.0 Å². The molecule has 0 saturated carbocycles. The van der Waals surface area contributed by atoms with Gasteiger partial charge in [-0.3, -0.25) is 0 Å². The van der Waals surface area contributed by atoms with Gasteiger partial charge in [0.15, 0.2) is 0 Å². The monoisotopic (exact) mass is 266 g/mol. The van der Waals surface area contributed by atoms with Crippen molar-refractivity contribution in [3.8, 4) is 0 Å². The summed E-state index contributed by atoms with van der Waals surface area (Å²) in [6.07, 6.45) is -2.12. The van der Waals surface area contributed by atoms with Gasteiger partial charge in [0.2, 0.25) is 0 Å². The van der Waals surface area contributed by atoms with Gasteiger partial charge in [0.1, 0.15) is 12.4 Å². The number of hydrogen-bond donors (Lipinski definition) is 0. The van der Waals surface area contributed by atoms with Gasteiger partial charge in [-0.1, -0.05) is 6.92 Å². The van der Waals surface area contributed by atoms with Gasteiger partial charge in [0, 0.05) is 18.6 Å². The molecular weight excluding hydrogens is 253 g/mol. The van der Waals surface area contributed by atoms with Crippen LogP contribution in [0.5, 0.6) is 0 Å². The molecule has 17 heavy (non-hydrogen) atoms. The van der Waals surface area contributed by atoms with Crippen molar-refractivity contribution in [2.75, 3.05) is 18.0 Å². The zero-order chi connectivity index (χ0) is 12.9. The van der Waals surface area contributed by atoms with Crippen molar-refractivity contribution in [3.63, 3.8) is 0 Å². The Hall–Kier alpha value is -0.970. The molecule has 96 valence electrons. The number of pyridine rings is 1. The Morgan fingerprint density at radius 2 is 2.12 bits per heavy atom. The summed E-state index contributed by atoms with van der Waals surface area (Å²) in [5.41, 5.74) is 0.764. The van der Waals surface area contributed by atoms with Crippen molar-refractivity contribution in [2.45, 2.75) is 25.4 Å². The van der Waals surface area contributed by atoms with E-state index in [1.165, 1.54) is 11.1 Å². The SMILES string of the molecule is CCCN(CC(F)(F)F)c1cc(CCl)ccn1. The molecule has 0 unspecified atom stereocenters. The number of halogens is 4. The number of anilines is 1. The Labute approximate surface area is 103 Å². The van der Waals surface area contributed by atoms with Gasteiger partial charge in [0.25, 0.3) is 0 Å². The van der Waals surface area contributed by atoms with Crippen LogP contribution in [0.2, 0.25) is 0 Å². The van der Waals surface area contributed by atoms with E-state index in [1.54, 1.807) is 12.1 Å². The molecule has 1 heterocycles. The Morgan fingerprint density at radius 3 is 2.65 bits per heavy atom. The predicted octanol–water partition coefficient (Wildman–Crippen LogP) is 3.60. The van der Waals surface area contributed by atoms with Crippen LogP contribution < -0.4 is 4.90 Å². The minimum atomic E-state index is -4.23. The number of hydrogen-bond acceptors (Lipinski definition) is 2. The van der Waals surface area contributed by atoms with E-state index in [1.807, 2.05) is 6.92 Å². The van der Waals surface area contributed by atoms with Gasteiger partial charge in [-0.05, 0) is 24.1 Å². The molecule has 0 bridgehead atoms. The molecule has 0 aliphatic rings. The van der Waals surface area contributed by atoms with Crippen LogP contribution in [-0.2, 0) is 5.88 Å². The van der Waals surface area contributed by atoms with Gasteiger partial charge < -0.3 is 4.90 Å². The molecule has 0 fully saturated rings. The summed E-state index contributed by atoms with van der Waals surface area (Å²) >= 11 is 5.65. The maximum Gasteiger partial charge on any atom is 0.405 e. The standard InChI is InChI=1S/C11H14ClF3N2/c1-2-5-17(8-11(13,14)15)10-6-9(7-12)3-4-16-10/h3-4,6H,2,5,7-8H2,1H3. The molecule has 0 aliphatic carbocycles. The molecule has 1 aromatic rings. The van der Waals surface area contributed by atoms with Crippen molar-refractivity contribution >= 4 is 17.4 Å². The van der Waals surface area contributed by atoms with E-state index in [4.69, 9.17) is 11.6 Å². The highest BCUT2D eigenvalue weighted by Crippen LogP contribution is 2.21. The van der Waals surface area contributed by atoms with E-state index in [0.717, 1.165) is 5.56 Å².